The Balaban J connectivity index is 2.11. The molecule has 104 valence electrons. The standard InChI is InChI=1S/C12H12ClFN6/c1-2-19-6-16-18-11(19)5-20-10-4-8(14)7(13)3-9(10)17-12(20)15/h3-4,6H,2,5H2,1H3,(H2,15,17). The van der Waals surface area contributed by atoms with Gasteiger partial charge >= 0.3 is 0 Å². The fourth-order valence-electron chi connectivity index (χ4n) is 2.11. The molecule has 0 bridgehead atoms. The number of anilines is 1. The molecule has 1 aromatic carbocycles. The van der Waals surface area contributed by atoms with Crippen molar-refractivity contribution in [3.8, 4) is 0 Å². The van der Waals surface area contributed by atoms with Gasteiger partial charge in [-0.25, -0.2) is 9.37 Å². The number of hydrogen-bond donors (Lipinski definition) is 1. The van der Waals surface area contributed by atoms with Gasteiger partial charge in [0.15, 0.2) is 5.82 Å². The number of fused-ring (bicyclic) bond motifs is 1. The second-order valence-corrected chi connectivity index (χ2v) is 4.75. The monoisotopic (exact) mass is 294 g/mol. The number of rotatable bonds is 3. The molecule has 3 rings (SSSR count). The third-order valence-electron chi connectivity index (χ3n) is 3.16. The van der Waals surface area contributed by atoms with E-state index in [9.17, 15) is 4.39 Å². The molecule has 8 heteroatoms. The van der Waals surface area contributed by atoms with Crippen LogP contribution in [0.1, 0.15) is 12.7 Å². The highest BCUT2D eigenvalue weighted by molar-refractivity contribution is 6.31. The molecule has 6 nitrogen and oxygen atoms in total. The van der Waals surface area contributed by atoms with Crippen molar-refractivity contribution in [1.82, 2.24) is 24.3 Å². The van der Waals surface area contributed by atoms with Gasteiger partial charge in [-0.2, -0.15) is 0 Å². The van der Waals surface area contributed by atoms with Gasteiger partial charge in [0.25, 0.3) is 0 Å². The quantitative estimate of drug-likeness (QED) is 0.802. The van der Waals surface area contributed by atoms with Gasteiger partial charge in [0, 0.05) is 12.6 Å². The van der Waals surface area contributed by atoms with Crippen LogP contribution in [-0.4, -0.2) is 24.3 Å². The van der Waals surface area contributed by atoms with Gasteiger partial charge in [-0.1, -0.05) is 11.6 Å². The van der Waals surface area contributed by atoms with Crippen LogP contribution in [0.15, 0.2) is 18.5 Å². The van der Waals surface area contributed by atoms with Crippen molar-refractivity contribution in [2.75, 3.05) is 5.73 Å². The number of benzene rings is 1. The van der Waals surface area contributed by atoms with Crippen LogP contribution in [0.5, 0.6) is 0 Å². The number of aryl methyl sites for hydroxylation is 1. The summed E-state index contributed by atoms with van der Waals surface area (Å²) in [6.07, 6.45) is 1.64. The van der Waals surface area contributed by atoms with E-state index in [-0.39, 0.29) is 11.0 Å². The summed E-state index contributed by atoms with van der Waals surface area (Å²) in [5.74, 6) is 0.512. The van der Waals surface area contributed by atoms with E-state index in [0.717, 1.165) is 12.4 Å². The molecule has 0 atom stereocenters. The van der Waals surface area contributed by atoms with Crippen molar-refractivity contribution in [3.63, 3.8) is 0 Å². The number of aromatic nitrogens is 5. The van der Waals surface area contributed by atoms with Crippen molar-refractivity contribution in [1.29, 1.82) is 0 Å². The minimum Gasteiger partial charge on any atom is -0.369 e. The number of hydrogen-bond acceptors (Lipinski definition) is 4. The molecule has 0 amide bonds. The van der Waals surface area contributed by atoms with Crippen LogP contribution in [0.2, 0.25) is 5.02 Å². The van der Waals surface area contributed by atoms with E-state index in [2.05, 4.69) is 15.2 Å². The second-order valence-electron chi connectivity index (χ2n) is 4.34. The highest BCUT2D eigenvalue weighted by atomic mass is 35.5. The fourth-order valence-corrected chi connectivity index (χ4v) is 2.27. The van der Waals surface area contributed by atoms with E-state index in [1.807, 2.05) is 11.5 Å². The molecule has 0 radical (unpaired) electrons. The van der Waals surface area contributed by atoms with Crippen LogP contribution >= 0.6 is 11.6 Å². The number of nitrogens with zero attached hydrogens (tertiary/aromatic N) is 5. The summed E-state index contributed by atoms with van der Waals surface area (Å²) in [5, 5.41) is 7.92. The Hall–Kier alpha value is -2.15. The number of nitrogen functional groups attached to an aromatic ring is 1. The third-order valence-corrected chi connectivity index (χ3v) is 3.45. The molecule has 0 aliphatic heterocycles. The van der Waals surface area contributed by atoms with Gasteiger partial charge in [0.2, 0.25) is 5.95 Å². The molecular formula is C12H12ClFN6. The minimum absolute atomic E-state index is 0.0267. The average Bonchev–Trinajstić information content (AvgIpc) is 2.97. The Morgan fingerprint density at radius 2 is 2.20 bits per heavy atom. The zero-order valence-corrected chi connectivity index (χ0v) is 11.5. The van der Waals surface area contributed by atoms with Gasteiger partial charge < -0.3 is 14.9 Å². The Morgan fingerprint density at radius 1 is 1.40 bits per heavy atom. The molecule has 0 spiro atoms. The maximum absolute atomic E-state index is 13.6. The van der Waals surface area contributed by atoms with Crippen LogP contribution in [0.25, 0.3) is 11.0 Å². The lowest BCUT2D eigenvalue weighted by Crippen LogP contribution is -2.10. The summed E-state index contributed by atoms with van der Waals surface area (Å²) in [6.45, 7) is 3.11. The Labute approximate surface area is 119 Å². The predicted molar refractivity (Wildman–Crippen MR) is 73.9 cm³/mol. The first kappa shape index (κ1) is 12.9. The van der Waals surface area contributed by atoms with E-state index in [1.54, 1.807) is 10.9 Å². The van der Waals surface area contributed by atoms with Crippen molar-refractivity contribution in [3.05, 3.63) is 35.1 Å². The average molecular weight is 295 g/mol. The van der Waals surface area contributed by atoms with E-state index >= 15 is 0 Å². The zero-order valence-electron chi connectivity index (χ0n) is 10.7. The SMILES string of the molecule is CCn1cnnc1Cn1c(N)nc2cc(Cl)c(F)cc21. The first-order valence-corrected chi connectivity index (χ1v) is 6.45. The molecule has 3 aromatic rings. The molecule has 2 aromatic heterocycles. The van der Waals surface area contributed by atoms with Crippen molar-refractivity contribution in [2.24, 2.45) is 0 Å². The summed E-state index contributed by atoms with van der Waals surface area (Å²) in [4.78, 5) is 4.18. The molecule has 0 fully saturated rings. The lowest BCUT2D eigenvalue weighted by molar-refractivity contribution is 0.627. The third kappa shape index (κ3) is 2.00. The molecule has 2 heterocycles. The zero-order chi connectivity index (χ0) is 14.3. The molecule has 0 saturated heterocycles. The molecule has 0 unspecified atom stereocenters. The Morgan fingerprint density at radius 3 is 2.95 bits per heavy atom. The van der Waals surface area contributed by atoms with Gasteiger partial charge in [0.05, 0.1) is 22.6 Å². The maximum atomic E-state index is 13.6. The van der Waals surface area contributed by atoms with E-state index in [0.29, 0.717) is 17.6 Å². The van der Waals surface area contributed by atoms with Crippen LogP contribution in [0.3, 0.4) is 0 Å². The van der Waals surface area contributed by atoms with Crippen LogP contribution in [0.4, 0.5) is 10.3 Å². The molecule has 2 N–H and O–H groups in total. The first-order chi connectivity index (χ1) is 9.60. The Kier molecular flexibility index (Phi) is 3.06. The van der Waals surface area contributed by atoms with Crippen molar-refractivity contribution in [2.45, 2.75) is 20.0 Å². The normalized spacial score (nSPS) is 11.3. The van der Waals surface area contributed by atoms with Crippen molar-refractivity contribution >= 4 is 28.6 Å². The summed E-state index contributed by atoms with van der Waals surface area (Å²) >= 11 is 5.75. The summed E-state index contributed by atoms with van der Waals surface area (Å²) in [6, 6.07) is 2.79. The number of nitrogens with two attached hydrogens (primary N) is 1. The summed E-state index contributed by atoms with van der Waals surface area (Å²) in [7, 11) is 0. The van der Waals surface area contributed by atoms with Gasteiger partial charge in [-0.15, -0.1) is 10.2 Å². The van der Waals surface area contributed by atoms with E-state index in [4.69, 9.17) is 17.3 Å². The van der Waals surface area contributed by atoms with Crippen LogP contribution in [0, 0.1) is 5.82 Å². The topological polar surface area (TPSA) is 74.5 Å². The highest BCUT2D eigenvalue weighted by Gasteiger charge is 2.14. The van der Waals surface area contributed by atoms with Gasteiger partial charge in [-0.05, 0) is 13.0 Å². The van der Waals surface area contributed by atoms with E-state index < -0.39 is 5.82 Å². The predicted octanol–water partition coefficient (Wildman–Crippen LogP) is 2.07. The van der Waals surface area contributed by atoms with Gasteiger partial charge in [-0.3, -0.25) is 0 Å². The van der Waals surface area contributed by atoms with Crippen molar-refractivity contribution < 1.29 is 4.39 Å². The molecule has 0 aliphatic rings. The molecule has 0 aliphatic carbocycles. The molecular weight excluding hydrogens is 283 g/mol. The summed E-state index contributed by atoms with van der Waals surface area (Å²) in [5.41, 5.74) is 7.02. The summed E-state index contributed by atoms with van der Waals surface area (Å²) < 4.78 is 17.2. The molecule has 0 saturated carbocycles. The second kappa shape index (κ2) is 4.75. The van der Waals surface area contributed by atoms with Crippen LogP contribution in [-0.2, 0) is 13.1 Å². The largest absolute Gasteiger partial charge is 0.369 e. The first-order valence-electron chi connectivity index (χ1n) is 6.07. The van der Waals surface area contributed by atoms with Gasteiger partial charge in [0.1, 0.15) is 12.1 Å². The van der Waals surface area contributed by atoms with E-state index in [1.165, 1.54) is 12.1 Å². The smallest absolute Gasteiger partial charge is 0.201 e. The lowest BCUT2D eigenvalue weighted by Gasteiger charge is -2.07. The minimum atomic E-state index is -0.503. The highest BCUT2D eigenvalue weighted by Crippen LogP contribution is 2.25. The Bertz CT molecular complexity index is 778. The maximum Gasteiger partial charge on any atom is 0.201 e. The fraction of sp³-hybridized carbons (Fsp3) is 0.250. The molecule has 20 heavy (non-hydrogen) atoms. The number of imidazole rings is 1. The lowest BCUT2D eigenvalue weighted by atomic mass is 10.3. The number of halogens is 2. The van der Waals surface area contributed by atoms with Crippen LogP contribution < -0.4 is 5.73 Å².